The van der Waals surface area contributed by atoms with Crippen molar-refractivity contribution in [2.45, 2.75) is 25.5 Å². The summed E-state index contributed by atoms with van der Waals surface area (Å²) in [6.07, 6.45) is 1.27. The van der Waals surface area contributed by atoms with E-state index in [4.69, 9.17) is 16.3 Å². The maximum absolute atomic E-state index is 13.2. The van der Waals surface area contributed by atoms with Crippen molar-refractivity contribution in [3.8, 4) is 0 Å². The lowest BCUT2D eigenvalue weighted by Gasteiger charge is -2.37. The smallest absolute Gasteiger partial charge is 0.415 e. The van der Waals surface area contributed by atoms with Crippen molar-refractivity contribution in [2.24, 2.45) is 0 Å². The quantitative estimate of drug-likeness (QED) is 0.427. The maximum atomic E-state index is 13.2. The molecule has 3 aromatic rings. The molecule has 0 aromatic heterocycles. The minimum absolute atomic E-state index is 0.168. The summed E-state index contributed by atoms with van der Waals surface area (Å²) < 4.78 is 6.69. The van der Waals surface area contributed by atoms with Gasteiger partial charge in [-0.1, -0.05) is 82.1 Å². The van der Waals surface area contributed by atoms with Crippen LogP contribution in [0.2, 0.25) is 5.02 Å². The van der Waals surface area contributed by atoms with Gasteiger partial charge in [-0.15, -0.1) is 0 Å². The number of nitrogens with zero attached hydrogens (tertiary/aromatic N) is 1. The first kappa shape index (κ1) is 19.0. The Hall–Kier alpha value is -2.30. The van der Waals surface area contributed by atoms with Crippen LogP contribution in [0.25, 0.3) is 0 Å². The van der Waals surface area contributed by atoms with E-state index in [9.17, 15) is 4.79 Å². The van der Waals surface area contributed by atoms with Crippen LogP contribution in [-0.4, -0.2) is 6.09 Å². The number of ether oxygens (including phenoxy) is 1. The topological polar surface area (TPSA) is 29.5 Å². The van der Waals surface area contributed by atoms with Crippen LogP contribution in [-0.2, 0) is 17.8 Å². The fourth-order valence-electron chi connectivity index (χ4n) is 3.65. The fraction of sp³-hybridized carbons (Fsp3) is 0.174. The van der Waals surface area contributed by atoms with Gasteiger partial charge in [0, 0.05) is 9.50 Å². The Balaban J connectivity index is 1.69. The molecule has 1 unspecified atom stereocenters. The van der Waals surface area contributed by atoms with Gasteiger partial charge < -0.3 is 4.74 Å². The van der Waals surface area contributed by atoms with Gasteiger partial charge in [0.05, 0.1) is 11.7 Å². The molecule has 1 atom stereocenters. The molecule has 0 spiro atoms. The number of carbonyl (C=O) groups is 1. The fourth-order valence-corrected chi connectivity index (χ4v) is 4.47. The number of hydrogen-bond donors (Lipinski definition) is 0. The van der Waals surface area contributed by atoms with Gasteiger partial charge in [-0.3, -0.25) is 4.90 Å². The van der Waals surface area contributed by atoms with Gasteiger partial charge in [0.1, 0.15) is 6.61 Å². The van der Waals surface area contributed by atoms with Gasteiger partial charge >= 0.3 is 6.09 Å². The van der Waals surface area contributed by atoms with E-state index in [0.717, 1.165) is 39.7 Å². The van der Waals surface area contributed by atoms with Crippen LogP contribution < -0.4 is 4.90 Å². The van der Waals surface area contributed by atoms with Crippen LogP contribution in [0, 0.1) is 0 Å². The lowest BCUT2D eigenvalue weighted by atomic mass is 9.91. The molecule has 0 radical (unpaired) electrons. The first-order valence-electron chi connectivity index (χ1n) is 9.17. The summed E-state index contributed by atoms with van der Waals surface area (Å²) >= 11 is 10.1. The van der Waals surface area contributed by atoms with Crippen molar-refractivity contribution in [2.75, 3.05) is 4.90 Å². The molecule has 0 fully saturated rings. The Morgan fingerprint density at radius 3 is 2.57 bits per heavy atom. The lowest BCUT2D eigenvalue weighted by molar-refractivity contribution is 0.143. The number of rotatable bonds is 3. The molecule has 0 saturated heterocycles. The lowest BCUT2D eigenvalue weighted by Crippen LogP contribution is -2.39. The van der Waals surface area contributed by atoms with Gasteiger partial charge in [-0.05, 0) is 47.7 Å². The maximum Gasteiger partial charge on any atom is 0.415 e. The Morgan fingerprint density at radius 1 is 1.04 bits per heavy atom. The van der Waals surface area contributed by atoms with Crippen LogP contribution in [0.3, 0.4) is 0 Å². The van der Waals surface area contributed by atoms with E-state index >= 15 is 0 Å². The molecule has 1 aliphatic rings. The average Bonchev–Trinajstić information content (AvgIpc) is 2.73. The molecule has 1 amide bonds. The minimum Gasteiger partial charge on any atom is -0.444 e. The van der Waals surface area contributed by atoms with E-state index in [-0.39, 0.29) is 18.7 Å². The second-order valence-electron chi connectivity index (χ2n) is 6.72. The Morgan fingerprint density at radius 2 is 1.79 bits per heavy atom. The van der Waals surface area contributed by atoms with Gasteiger partial charge in [-0.25, -0.2) is 4.79 Å². The van der Waals surface area contributed by atoms with Gasteiger partial charge in [-0.2, -0.15) is 0 Å². The SMILES string of the molecule is O=C(OCc1ccccc1)N1c2cccc(Br)c2CCC1c1ccccc1Cl. The van der Waals surface area contributed by atoms with Gasteiger partial charge in [0.15, 0.2) is 0 Å². The molecule has 1 heterocycles. The summed E-state index contributed by atoms with van der Waals surface area (Å²) in [5, 5.41) is 0.659. The number of fused-ring (bicyclic) bond motifs is 1. The summed E-state index contributed by atoms with van der Waals surface area (Å²) in [6, 6.07) is 23.1. The first-order chi connectivity index (χ1) is 13.6. The highest BCUT2D eigenvalue weighted by molar-refractivity contribution is 9.10. The molecular weight excluding hydrogens is 438 g/mol. The molecule has 0 saturated carbocycles. The van der Waals surface area contributed by atoms with E-state index in [2.05, 4.69) is 15.9 Å². The van der Waals surface area contributed by atoms with Crippen molar-refractivity contribution < 1.29 is 9.53 Å². The Labute approximate surface area is 178 Å². The number of amides is 1. The zero-order valence-corrected chi connectivity index (χ0v) is 17.5. The molecule has 5 heteroatoms. The Bertz CT molecular complexity index is 993. The minimum atomic E-state index is -0.368. The van der Waals surface area contributed by atoms with E-state index < -0.39 is 0 Å². The van der Waals surface area contributed by atoms with E-state index in [1.807, 2.05) is 72.8 Å². The monoisotopic (exact) mass is 455 g/mol. The molecule has 3 nitrogen and oxygen atoms in total. The Kier molecular flexibility index (Phi) is 5.69. The van der Waals surface area contributed by atoms with Crippen molar-refractivity contribution in [1.29, 1.82) is 0 Å². The van der Waals surface area contributed by atoms with Crippen LogP contribution in [0.15, 0.2) is 77.3 Å². The molecule has 3 aromatic carbocycles. The van der Waals surface area contributed by atoms with E-state index in [1.54, 1.807) is 4.90 Å². The van der Waals surface area contributed by atoms with Crippen LogP contribution >= 0.6 is 27.5 Å². The van der Waals surface area contributed by atoms with Crippen molar-refractivity contribution in [3.05, 3.63) is 99.0 Å². The van der Waals surface area contributed by atoms with Gasteiger partial charge in [0.25, 0.3) is 0 Å². The predicted molar refractivity (Wildman–Crippen MR) is 116 cm³/mol. The first-order valence-corrected chi connectivity index (χ1v) is 10.3. The molecular formula is C23H19BrClNO2. The highest BCUT2D eigenvalue weighted by Gasteiger charge is 2.35. The van der Waals surface area contributed by atoms with Crippen molar-refractivity contribution >= 4 is 39.3 Å². The summed E-state index contributed by atoms with van der Waals surface area (Å²) in [5.74, 6) is 0. The molecule has 1 aliphatic heterocycles. The molecule has 142 valence electrons. The summed E-state index contributed by atoms with van der Waals surface area (Å²) in [5.41, 5.74) is 3.87. The third-order valence-corrected chi connectivity index (χ3v) is 6.09. The second-order valence-corrected chi connectivity index (χ2v) is 7.99. The second kappa shape index (κ2) is 8.38. The average molecular weight is 457 g/mol. The highest BCUT2D eigenvalue weighted by atomic mass is 79.9. The number of halogens is 2. The van der Waals surface area contributed by atoms with Crippen LogP contribution in [0.1, 0.15) is 29.2 Å². The predicted octanol–water partition coefficient (Wildman–Crippen LogP) is 6.93. The third kappa shape index (κ3) is 3.80. The van der Waals surface area contributed by atoms with Crippen LogP contribution in [0.5, 0.6) is 0 Å². The van der Waals surface area contributed by atoms with E-state index in [1.165, 1.54) is 0 Å². The summed E-state index contributed by atoms with van der Waals surface area (Å²) in [6.45, 7) is 0.231. The standard InChI is InChI=1S/C23H19BrClNO2/c24-19-10-6-12-21-17(19)13-14-22(18-9-4-5-11-20(18)25)26(21)23(27)28-15-16-7-2-1-3-8-16/h1-12,22H,13-15H2. The number of anilines is 1. The van der Waals surface area contributed by atoms with Crippen molar-refractivity contribution in [3.63, 3.8) is 0 Å². The summed E-state index contributed by atoms with van der Waals surface area (Å²) in [4.78, 5) is 14.9. The molecule has 28 heavy (non-hydrogen) atoms. The molecule has 4 rings (SSSR count). The third-order valence-electron chi connectivity index (χ3n) is 5.00. The number of hydrogen-bond acceptors (Lipinski definition) is 2. The zero-order valence-electron chi connectivity index (χ0n) is 15.1. The highest BCUT2D eigenvalue weighted by Crippen LogP contribution is 2.43. The number of carbonyl (C=O) groups excluding carboxylic acids is 1. The number of benzene rings is 3. The normalized spacial score (nSPS) is 15.8. The summed E-state index contributed by atoms with van der Waals surface area (Å²) in [7, 11) is 0. The van der Waals surface area contributed by atoms with Crippen LogP contribution in [0.4, 0.5) is 10.5 Å². The zero-order chi connectivity index (χ0) is 19.5. The largest absolute Gasteiger partial charge is 0.444 e. The van der Waals surface area contributed by atoms with Crippen molar-refractivity contribution in [1.82, 2.24) is 0 Å². The van der Waals surface area contributed by atoms with E-state index in [0.29, 0.717) is 5.02 Å². The molecule has 0 N–H and O–H groups in total. The molecule has 0 aliphatic carbocycles. The van der Waals surface area contributed by atoms with Gasteiger partial charge in [0.2, 0.25) is 0 Å². The molecule has 0 bridgehead atoms.